The summed E-state index contributed by atoms with van der Waals surface area (Å²) in [6, 6.07) is 8.60. The van der Waals surface area contributed by atoms with Crippen LogP contribution in [0.1, 0.15) is 15.9 Å². The van der Waals surface area contributed by atoms with Crippen LogP contribution in [0.3, 0.4) is 0 Å². The fourth-order valence-corrected chi connectivity index (χ4v) is 3.00. The SMILES string of the molecule is Cn1c(=O)c2cc(NC(=O)c3ccc(Cn4cncn4)cc3)cnc2n(C)c1=O. The molecule has 0 saturated carbocycles. The lowest BCUT2D eigenvalue weighted by molar-refractivity contribution is 0.102. The third-order valence-electron chi connectivity index (χ3n) is 4.58. The lowest BCUT2D eigenvalue weighted by Crippen LogP contribution is -2.37. The molecule has 0 unspecified atom stereocenters. The Balaban J connectivity index is 1.57. The second-order valence-electron chi connectivity index (χ2n) is 6.55. The number of nitrogens with zero attached hydrogens (tertiary/aromatic N) is 6. The minimum atomic E-state index is -0.468. The number of aromatic nitrogens is 6. The number of rotatable bonds is 4. The molecule has 1 N–H and O–H groups in total. The normalized spacial score (nSPS) is 11.0. The Morgan fingerprint density at radius 2 is 1.86 bits per heavy atom. The molecule has 29 heavy (non-hydrogen) atoms. The Kier molecular flexibility index (Phi) is 4.51. The van der Waals surface area contributed by atoms with Gasteiger partial charge in [0.1, 0.15) is 18.3 Å². The Bertz CT molecular complexity index is 1320. The van der Waals surface area contributed by atoms with Gasteiger partial charge in [-0.05, 0) is 23.8 Å². The van der Waals surface area contributed by atoms with Crippen molar-refractivity contribution in [3.63, 3.8) is 0 Å². The van der Waals surface area contributed by atoms with Gasteiger partial charge in [-0.3, -0.25) is 18.7 Å². The number of nitrogens with one attached hydrogen (secondary N) is 1. The standard InChI is InChI=1S/C19H17N7O3/c1-24-16-15(18(28)25(2)19(24)29)7-14(8-21-16)23-17(27)13-5-3-12(4-6-13)9-26-11-20-10-22-26/h3-8,10-11H,9H2,1-2H3,(H,23,27). The fraction of sp³-hybridized carbons (Fsp3) is 0.158. The largest absolute Gasteiger partial charge is 0.332 e. The van der Waals surface area contributed by atoms with Crippen LogP contribution in [-0.2, 0) is 20.6 Å². The van der Waals surface area contributed by atoms with Gasteiger partial charge in [0.05, 0.1) is 23.8 Å². The van der Waals surface area contributed by atoms with Gasteiger partial charge in [0, 0.05) is 19.7 Å². The van der Waals surface area contributed by atoms with Gasteiger partial charge in [0.15, 0.2) is 0 Å². The van der Waals surface area contributed by atoms with Gasteiger partial charge < -0.3 is 5.32 Å². The van der Waals surface area contributed by atoms with E-state index in [0.29, 0.717) is 17.8 Å². The van der Waals surface area contributed by atoms with Crippen molar-refractivity contribution in [2.45, 2.75) is 6.54 Å². The average molecular weight is 391 g/mol. The fourth-order valence-electron chi connectivity index (χ4n) is 3.00. The number of carbonyl (C=O) groups is 1. The highest BCUT2D eigenvalue weighted by Gasteiger charge is 2.12. The van der Waals surface area contributed by atoms with Crippen molar-refractivity contribution in [1.82, 2.24) is 28.9 Å². The van der Waals surface area contributed by atoms with E-state index in [1.165, 1.54) is 37.3 Å². The van der Waals surface area contributed by atoms with E-state index < -0.39 is 11.2 Å². The maximum absolute atomic E-state index is 12.5. The lowest BCUT2D eigenvalue weighted by atomic mass is 10.1. The highest BCUT2D eigenvalue weighted by atomic mass is 16.2. The molecule has 0 aliphatic heterocycles. The molecule has 0 spiro atoms. The first-order chi connectivity index (χ1) is 13.9. The molecule has 4 aromatic rings. The molecule has 10 heteroatoms. The number of aryl methyl sites for hydroxylation is 1. The van der Waals surface area contributed by atoms with Gasteiger partial charge in [-0.1, -0.05) is 12.1 Å². The zero-order chi connectivity index (χ0) is 20.5. The molecule has 0 atom stereocenters. The van der Waals surface area contributed by atoms with Gasteiger partial charge in [0.2, 0.25) is 0 Å². The van der Waals surface area contributed by atoms with Crippen molar-refractivity contribution in [2.24, 2.45) is 14.1 Å². The number of amides is 1. The summed E-state index contributed by atoms with van der Waals surface area (Å²) >= 11 is 0. The van der Waals surface area contributed by atoms with E-state index in [0.717, 1.165) is 10.1 Å². The molecule has 0 aliphatic carbocycles. The first-order valence-electron chi connectivity index (χ1n) is 8.72. The van der Waals surface area contributed by atoms with Crippen molar-refractivity contribution in [1.29, 1.82) is 0 Å². The highest BCUT2D eigenvalue weighted by molar-refractivity contribution is 6.04. The lowest BCUT2D eigenvalue weighted by Gasteiger charge is -2.09. The van der Waals surface area contributed by atoms with Gasteiger partial charge in [-0.15, -0.1) is 0 Å². The highest BCUT2D eigenvalue weighted by Crippen LogP contribution is 2.14. The van der Waals surface area contributed by atoms with Crippen molar-refractivity contribution in [2.75, 3.05) is 5.32 Å². The van der Waals surface area contributed by atoms with Crippen LogP contribution in [-0.4, -0.2) is 34.8 Å². The molecule has 0 radical (unpaired) electrons. The van der Waals surface area contributed by atoms with Gasteiger partial charge >= 0.3 is 5.69 Å². The van der Waals surface area contributed by atoms with Crippen LogP contribution in [0.2, 0.25) is 0 Å². The van der Waals surface area contributed by atoms with E-state index >= 15 is 0 Å². The second kappa shape index (κ2) is 7.15. The smallest absolute Gasteiger partial charge is 0.321 e. The number of anilines is 1. The zero-order valence-corrected chi connectivity index (χ0v) is 15.7. The third kappa shape index (κ3) is 3.43. The predicted molar refractivity (Wildman–Crippen MR) is 106 cm³/mol. The second-order valence-corrected chi connectivity index (χ2v) is 6.55. The summed E-state index contributed by atoms with van der Waals surface area (Å²) in [6.45, 7) is 0.554. The maximum Gasteiger partial charge on any atom is 0.332 e. The monoisotopic (exact) mass is 391 g/mol. The summed E-state index contributed by atoms with van der Waals surface area (Å²) < 4.78 is 3.98. The van der Waals surface area contributed by atoms with Crippen LogP contribution < -0.4 is 16.6 Å². The van der Waals surface area contributed by atoms with Crippen LogP contribution in [0.4, 0.5) is 5.69 Å². The molecular formula is C19H17N7O3. The van der Waals surface area contributed by atoms with Gasteiger partial charge in [0.25, 0.3) is 11.5 Å². The minimum Gasteiger partial charge on any atom is -0.321 e. The molecule has 10 nitrogen and oxygen atoms in total. The maximum atomic E-state index is 12.5. The topological polar surface area (TPSA) is 117 Å². The number of pyridine rings is 1. The van der Waals surface area contributed by atoms with E-state index in [1.54, 1.807) is 23.1 Å². The predicted octanol–water partition coefficient (Wildman–Crippen LogP) is 0.524. The molecule has 0 saturated heterocycles. The van der Waals surface area contributed by atoms with Crippen molar-refractivity contribution in [3.05, 3.63) is 81.1 Å². The number of fused-ring (bicyclic) bond motifs is 1. The number of carbonyl (C=O) groups excluding carboxylic acids is 1. The van der Waals surface area contributed by atoms with Crippen LogP contribution in [0, 0.1) is 0 Å². The third-order valence-corrected chi connectivity index (χ3v) is 4.58. The molecule has 0 fully saturated rings. The van der Waals surface area contributed by atoms with Gasteiger partial charge in [-0.2, -0.15) is 5.10 Å². The summed E-state index contributed by atoms with van der Waals surface area (Å²) in [5, 5.41) is 7.02. The van der Waals surface area contributed by atoms with Crippen molar-refractivity contribution >= 4 is 22.6 Å². The first kappa shape index (κ1) is 18.3. The Hall–Kier alpha value is -4.08. The summed E-state index contributed by atoms with van der Waals surface area (Å²) in [7, 11) is 2.94. The molecule has 146 valence electrons. The molecule has 1 amide bonds. The zero-order valence-electron chi connectivity index (χ0n) is 15.7. The molecule has 1 aromatic carbocycles. The summed E-state index contributed by atoms with van der Waals surface area (Å²) in [5.74, 6) is -0.333. The molecule has 0 aliphatic rings. The molecule has 4 rings (SSSR count). The molecule has 3 aromatic heterocycles. The van der Waals surface area contributed by atoms with E-state index in [1.807, 2.05) is 12.1 Å². The van der Waals surface area contributed by atoms with E-state index in [9.17, 15) is 14.4 Å². The van der Waals surface area contributed by atoms with Crippen LogP contribution >= 0.6 is 0 Å². The molecular weight excluding hydrogens is 374 g/mol. The number of benzene rings is 1. The van der Waals surface area contributed by atoms with E-state index in [2.05, 4.69) is 20.4 Å². The summed E-state index contributed by atoms with van der Waals surface area (Å²) in [5.41, 5.74) is 1.13. The van der Waals surface area contributed by atoms with Gasteiger partial charge in [-0.25, -0.2) is 19.4 Å². The first-order valence-corrected chi connectivity index (χ1v) is 8.72. The summed E-state index contributed by atoms with van der Waals surface area (Å²) in [4.78, 5) is 45.0. The Morgan fingerprint density at radius 3 is 2.55 bits per heavy atom. The van der Waals surface area contributed by atoms with Crippen LogP contribution in [0.5, 0.6) is 0 Å². The van der Waals surface area contributed by atoms with Crippen LogP contribution in [0.25, 0.3) is 11.0 Å². The van der Waals surface area contributed by atoms with E-state index in [4.69, 9.17) is 0 Å². The molecule has 0 bridgehead atoms. The Morgan fingerprint density at radius 1 is 1.10 bits per heavy atom. The van der Waals surface area contributed by atoms with Crippen LogP contribution in [0.15, 0.2) is 58.8 Å². The number of hydrogen-bond acceptors (Lipinski definition) is 6. The minimum absolute atomic E-state index is 0.246. The Labute approximate surface area is 164 Å². The molecule has 3 heterocycles. The summed E-state index contributed by atoms with van der Waals surface area (Å²) in [6.07, 6.45) is 4.50. The van der Waals surface area contributed by atoms with E-state index in [-0.39, 0.29) is 16.9 Å². The van der Waals surface area contributed by atoms with Crippen molar-refractivity contribution in [3.8, 4) is 0 Å². The van der Waals surface area contributed by atoms with Crippen molar-refractivity contribution < 1.29 is 4.79 Å². The quantitative estimate of drug-likeness (QED) is 0.542. The average Bonchev–Trinajstić information content (AvgIpc) is 3.24. The number of hydrogen-bond donors (Lipinski definition) is 1.